The van der Waals surface area contributed by atoms with Crippen LogP contribution in [0.5, 0.6) is 11.5 Å². The van der Waals surface area contributed by atoms with Crippen molar-refractivity contribution >= 4 is 0 Å². The zero-order chi connectivity index (χ0) is 14.5. The summed E-state index contributed by atoms with van der Waals surface area (Å²) in [6, 6.07) is 8.15. The van der Waals surface area contributed by atoms with Crippen molar-refractivity contribution in [1.29, 1.82) is 0 Å². The van der Waals surface area contributed by atoms with Gasteiger partial charge in [0.2, 0.25) is 0 Å². The molecule has 0 saturated carbocycles. The molecular formula is C16H22N2O2. The lowest BCUT2D eigenvalue weighted by atomic mass is 10.1. The first-order chi connectivity index (χ1) is 9.69. The van der Waals surface area contributed by atoms with E-state index < -0.39 is 0 Å². The molecule has 0 unspecified atom stereocenters. The number of methoxy groups -OCH3 is 2. The Hall–Kier alpha value is -1.94. The first-order valence-corrected chi connectivity index (χ1v) is 6.75. The molecule has 2 aromatic rings. The van der Waals surface area contributed by atoms with E-state index in [9.17, 15) is 0 Å². The van der Waals surface area contributed by atoms with Gasteiger partial charge in [0.05, 0.1) is 14.2 Å². The molecule has 0 amide bonds. The van der Waals surface area contributed by atoms with Gasteiger partial charge in [-0.05, 0) is 42.7 Å². The number of hydrogen-bond donors (Lipinski definition) is 1. The van der Waals surface area contributed by atoms with Crippen molar-refractivity contribution in [1.82, 2.24) is 4.57 Å². The van der Waals surface area contributed by atoms with E-state index in [1.165, 1.54) is 16.8 Å². The number of nitrogens with zero attached hydrogens (tertiary/aromatic N) is 1. The molecule has 1 aromatic carbocycles. The lowest BCUT2D eigenvalue weighted by Crippen LogP contribution is -2.09. The maximum Gasteiger partial charge on any atom is 0.160 e. The van der Waals surface area contributed by atoms with Crippen LogP contribution in [0.4, 0.5) is 0 Å². The summed E-state index contributed by atoms with van der Waals surface area (Å²) in [7, 11) is 3.30. The standard InChI is InChI=1S/C16H22N2O2/c1-12-6-8-18(14(12)11-17)9-7-13-4-5-15(19-2)16(10-13)20-3/h4-6,8,10H,7,9,11,17H2,1-3H3. The van der Waals surface area contributed by atoms with Gasteiger partial charge in [0.15, 0.2) is 11.5 Å². The number of benzene rings is 1. The Kier molecular flexibility index (Phi) is 4.69. The van der Waals surface area contributed by atoms with Crippen molar-refractivity contribution in [3.05, 3.63) is 47.3 Å². The Morgan fingerprint density at radius 2 is 1.85 bits per heavy atom. The molecule has 0 bridgehead atoms. The highest BCUT2D eigenvalue weighted by atomic mass is 16.5. The molecule has 1 aromatic heterocycles. The summed E-state index contributed by atoms with van der Waals surface area (Å²) >= 11 is 0. The van der Waals surface area contributed by atoms with Crippen molar-refractivity contribution < 1.29 is 9.47 Å². The summed E-state index contributed by atoms with van der Waals surface area (Å²) in [5, 5.41) is 0. The van der Waals surface area contributed by atoms with Gasteiger partial charge >= 0.3 is 0 Å². The first kappa shape index (κ1) is 14.5. The van der Waals surface area contributed by atoms with Crippen molar-refractivity contribution in [2.45, 2.75) is 26.4 Å². The highest BCUT2D eigenvalue weighted by Gasteiger charge is 2.07. The SMILES string of the molecule is COc1ccc(CCn2ccc(C)c2CN)cc1OC. The lowest BCUT2D eigenvalue weighted by Gasteiger charge is -2.11. The molecule has 0 aliphatic rings. The molecule has 4 heteroatoms. The summed E-state index contributed by atoms with van der Waals surface area (Å²) in [5.74, 6) is 1.53. The third-order valence-electron chi connectivity index (χ3n) is 3.59. The van der Waals surface area contributed by atoms with Gasteiger partial charge in [-0.25, -0.2) is 0 Å². The quantitative estimate of drug-likeness (QED) is 0.880. The number of nitrogens with two attached hydrogens (primary N) is 1. The first-order valence-electron chi connectivity index (χ1n) is 6.75. The minimum atomic E-state index is 0.574. The van der Waals surface area contributed by atoms with Crippen LogP contribution in [0.3, 0.4) is 0 Å². The predicted molar refractivity (Wildman–Crippen MR) is 80.3 cm³/mol. The summed E-state index contributed by atoms with van der Waals surface area (Å²) < 4.78 is 12.8. The minimum Gasteiger partial charge on any atom is -0.493 e. The van der Waals surface area contributed by atoms with E-state index in [0.29, 0.717) is 6.54 Å². The van der Waals surface area contributed by atoms with Gasteiger partial charge in [-0.2, -0.15) is 0 Å². The van der Waals surface area contributed by atoms with E-state index in [1.54, 1.807) is 14.2 Å². The van der Waals surface area contributed by atoms with Crippen molar-refractivity contribution in [2.75, 3.05) is 14.2 Å². The Balaban J connectivity index is 2.10. The fourth-order valence-corrected chi connectivity index (χ4v) is 2.39. The number of aryl methyl sites for hydroxylation is 3. The van der Waals surface area contributed by atoms with Crippen LogP contribution in [0.15, 0.2) is 30.5 Å². The van der Waals surface area contributed by atoms with E-state index in [4.69, 9.17) is 15.2 Å². The van der Waals surface area contributed by atoms with Gasteiger partial charge in [0.1, 0.15) is 0 Å². The average molecular weight is 274 g/mol. The maximum atomic E-state index is 5.79. The van der Waals surface area contributed by atoms with Gasteiger partial charge in [0, 0.05) is 25.0 Å². The average Bonchev–Trinajstić information content (AvgIpc) is 2.84. The zero-order valence-corrected chi connectivity index (χ0v) is 12.3. The molecule has 0 saturated heterocycles. The smallest absolute Gasteiger partial charge is 0.160 e. The second-order valence-corrected chi connectivity index (χ2v) is 4.78. The molecule has 0 atom stereocenters. The van der Waals surface area contributed by atoms with E-state index in [0.717, 1.165) is 24.5 Å². The Bertz CT molecular complexity index is 576. The molecule has 0 aliphatic carbocycles. The van der Waals surface area contributed by atoms with Gasteiger partial charge in [-0.1, -0.05) is 6.07 Å². The monoisotopic (exact) mass is 274 g/mol. The minimum absolute atomic E-state index is 0.574. The Labute approximate surface area is 120 Å². The van der Waals surface area contributed by atoms with Crippen LogP contribution in [-0.4, -0.2) is 18.8 Å². The third-order valence-corrected chi connectivity index (χ3v) is 3.59. The molecule has 0 fully saturated rings. The van der Waals surface area contributed by atoms with Gasteiger partial charge in [-0.3, -0.25) is 0 Å². The highest BCUT2D eigenvalue weighted by Crippen LogP contribution is 2.27. The second kappa shape index (κ2) is 6.48. The van der Waals surface area contributed by atoms with Crippen LogP contribution < -0.4 is 15.2 Å². The molecular weight excluding hydrogens is 252 g/mol. The molecule has 2 N–H and O–H groups in total. The largest absolute Gasteiger partial charge is 0.493 e. The fraction of sp³-hybridized carbons (Fsp3) is 0.375. The number of aromatic nitrogens is 1. The Morgan fingerprint density at radius 3 is 2.50 bits per heavy atom. The molecule has 4 nitrogen and oxygen atoms in total. The van der Waals surface area contributed by atoms with Gasteiger partial charge in [0.25, 0.3) is 0 Å². The van der Waals surface area contributed by atoms with Crippen LogP contribution in [-0.2, 0) is 19.5 Å². The van der Waals surface area contributed by atoms with Crippen molar-refractivity contribution in [3.8, 4) is 11.5 Å². The van der Waals surface area contributed by atoms with Crippen LogP contribution in [0.1, 0.15) is 16.8 Å². The number of rotatable bonds is 6. The lowest BCUT2D eigenvalue weighted by molar-refractivity contribution is 0.354. The topological polar surface area (TPSA) is 49.4 Å². The van der Waals surface area contributed by atoms with E-state index in [2.05, 4.69) is 29.8 Å². The second-order valence-electron chi connectivity index (χ2n) is 4.78. The highest BCUT2D eigenvalue weighted by molar-refractivity contribution is 5.42. The number of hydrogen-bond acceptors (Lipinski definition) is 3. The van der Waals surface area contributed by atoms with E-state index in [-0.39, 0.29) is 0 Å². The molecule has 0 aliphatic heterocycles. The van der Waals surface area contributed by atoms with E-state index in [1.807, 2.05) is 12.1 Å². The van der Waals surface area contributed by atoms with Crippen LogP contribution >= 0.6 is 0 Å². The summed E-state index contributed by atoms with van der Waals surface area (Å²) in [6.45, 7) is 3.58. The molecule has 0 radical (unpaired) electrons. The Morgan fingerprint density at radius 1 is 1.10 bits per heavy atom. The molecule has 1 heterocycles. The molecule has 20 heavy (non-hydrogen) atoms. The molecule has 2 rings (SSSR count). The normalized spacial score (nSPS) is 10.6. The van der Waals surface area contributed by atoms with Crippen molar-refractivity contribution in [3.63, 3.8) is 0 Å². The van der Waals surface area contributed by atoms with Crippen LogP contribution in [0.2, 0.25) is 0 Å². The van der Waals surface area contributed by atoms with Crippen LogP contribution in [0.25, 0.3) is 0 Å². The maximum absolute atomic E-state index is 5.79. The summed E-state index contributed by atoms with van der Waals surface area (Å²) in [4.78, 5) is 0. The predicted octanol–water partition coefficient (Wildman–Crippen LogP) is 2.52. The van der Waals surface area contributed by atoms with Gasteiger partial charge < -0.3 is 19.8 Å². The third kappa shape index (κ3) is 2.96. The van der Waals surface area contributed by atoms with Crippen molar-refractivity contribution in [2.24, 2.45) is 5.73 Å². The zero-order valence-electron chi connectivity index (χ0n) is 12.3. The van der Waals surface area contributed by atoms with E-state index >= 15 is 0 Å². The number of ether oxygens (including phenoxy) is 2. The molecule has 108 valence electrons. The van der Waals surface area contributed by atoms with Crippen LogP contribution in [0, 0.1) is 6.92 Å². The summed E-state index contributed by atoms with van der Waals surface area (Å²) in [6.07, 6.45) is 3.03. The van der Waals surface area contributed by atoms with Gasteiger partial charge in [-0.15, -0.1) is 0 Å². The fourth-order valence-electron chi connectivity index (χ4n) is 2.39. The molecule has 0 spiro atoms. The summed E-state index contributed by atoms with van der Waals surface area (Å²) in [5.41, 5.74) is 9.46.